The maximum absolute atomic E-state index is 14.0. The van der Waals surface area contributed by atoms with Crippen molar-refractivity contribution >= 4 is 16.9 Å². The molecule has 2 aliphatic rings. The summed E-state index contributed by atoms with van der Waals surface area (Å²) in [5.41, 5.74) is 2.97. The maximum Gasteiger partial charge on any atom is 0.228 e. The number of piperidine rings is 1. The van der Waals surface area contributed by atoms with E-state index in [0.29, 0.717) is 39.0 Å². The minimum absolute atomic E-state index is 0.0717. The van der Waals surface area contributed by atoms with Crippen LogP contribution in [0.5, 0.6) is 5.75 Å². The molecule has 192 valence electrons. The number of benzene rings is 2. The Labute approximate surface area is 212 Å². The number of rotatable bonds is 11. The predicted molar refractivity (Wildman–Crippen MR) is 138 cm³/mol. The molecule has 7 nitrogen and oxygen atoms in total. The zero-order chi connectivity index (χ0) is 24.9. The van der Waals surface area contributed by atoms with Crippen molar-refractivity contribution in [2.75, 3.05) is 40.5 Å². The number of hydrogen-bond acceptors (Lipinski definition) is 6. The van der Waals surface area contributed by atoms with E-state index in [1.54, 1.807) is 14.2 Å². The van der Waals surface area contributed by atoms with Crippen LogP contribution in [0.4, 0.5) is 0 Å². The Bertz CT molecular complexity index is 1140. The van der Waals surface area contributed by atoms with Crippen molar-refractivity contribution in [2.45, 2.75) is 44.4 Å². The lowest BCUT2D eigenvalue weighted by Crippen LogP contribution is -2.46. The summed E-state index contributed by atoms with van der Waals surface area (Å²) >= 11 is 0. The second-order valence-corrected chi connectivity index (χ2v) is 9.82. The van der Waals surface area contributed by atoms with Crippen molar-refractivity contribution in [1.82, 2.24) is 10.2 Å². The Morgan fingerprint density at radius 2 is 1.89 bits per heavy atom. The number of nitrogens with zero attached hydrogens (tertiary/aromatic N) is 1. The fourth-order valence-electron chi connectivity index (χ4n) is 5.18. The molecule has 0 bridgehead atoms. The summed E-state index contributed by atoms with van der Waals surface area (Å²) in [6.07, 6.45) is 2.99. The molecule has 1 saturated carbocycles. The van der Waals surface area contributed by atoms with E-state index >= 15 is 0 Å². The lowest BCUT2D eigenvalue weighted by molar-refractivity contribution is -0.138. The first kappa shape index (κ1) is 24.8. The van der Waals surface area contributed by atoms with Gasteiger partial charge in [-0.3, -0.25) is 4.79 Å². The Kier molecular flexibility index (Phi) is 7.90. The molecule has 2 aromatic carbocycles. The molecule has 1 aliphatic heterocycles. The molecule has 1 saturated heterocycles. The summed E-state index contributed by atoms with van der Waals surface area (Å²) in [6.45, 7) is 3.69. The Morgan fingerprint density at radius 1 is 1.06 bits per heavy atom. The van der Waals surface area contributed by atoms with E-state index in [4.69, 9.17) is 18.6 Å². The van der Waals surface area contributed by atoms with Crippen LogP contribution in [0.15, 0.2) is 52.9 Å². The molecule has 1 aromatic heterocycles. The first-order valence-electron chi connectivity index (χ1n) is 12.9. The molecule has 1 amide bonds. The molecule has 1 N–H and O–H groups in total. The van der Waals surface area contributed by atoms with E-state index in [9.17, 15) is 4.79 Å². The van der Waals surface area contributed by atoms with Crippen LogP contribution in [0.2, 0.25) is 0 Å². The number of methoxy groups -OCH3 is 2. The highest BCUT2D eigenvalue weighted by atomic mass is 16.5. The summed E-state index contributed by atoms with van der Waals surface area (Å²) in [4.78, 5) is 16.1. The smallest absolute Gasteiger partial charge is 0.228 e. The summed E-state index contributed by atoms with van der Waals surface area (Å²) in [5.74, 6) is 1.82. The molecular weight excluding hydrogens is 456 g/mol. The maximum atomic E-state index is 14.0. The van der Waals surface area contributed by atoms with Gasteiger partial charge in [0.2, 0.25) is 5.91 Å². The lowest BCUT2D eigenvalue weighted by atomic mass is 9.83. The molecule has 2 atom stereocenters. The van der Waals surface area contributed by atoms with Gasteiger partial charge in [0.25, 0.3) is 0 Å². The van der Waals surface area contributed by atoms with E-state index in [1.807, 2.05) is 30.3 Å². The van der Waals surface area contributed by atoms with Crippen LogP contribution in [0.3, 0.4) is 0 Å². The zero-order valence-corrected chi connectivity index (χ0v) is 21.2. The molecule has 3 aromatic rings. The minimum Gasteiger partial charge on any atom is -0.497 e. The Morgan fingerprint density at radius 3 is 2.67 bits per heavy atom. The largest absolute Gasteiger partial charge is 0.497 e. The van der Waals surface area contributed by atoms with Crippen molar-refractivity contribution in [3.8, 4) is 5.75 Å². The van der Waals surface area contributed by atoms with Crippen LogP contribution in [-0.4, -0.2) is 57.4 Å². The van der Waals surface area contributed by atoms with E-state index in [0.717, 1.165) is 59.4 Å². The van der Waals surface area contributed by atoms with Crippen LogP contribution in [0, 0.1) is 5.92 Å². The average molecular weight is 493 g/mol. The third kappa shape index (κ3) is 5.75. The molecule has 2 fully saturated rings. The lowest BCUT2D eigenvalue weighted by Gasteiger charge is -2.34. The van der Waals surface area contributed by atoms with Gasteiger partial charge >= 0.3 is 0 Å². The number of furan rings is 1. The molecule has 0 spiro atoms. The van der Waals surface area contributed by atoms with Gasteiger partial charge in [-0.2, -0.15) is 0 Å². The van der Waals surface area contributed by atoms with Crippen LogP contribution < -0.4 is 10.1 Å². The summed E-state index contributed by atoms with van der Waals surface area (Å²) in [5, 5.41) is 4.54. The van der Waals surface area contributed by atoms with Crippen molar-refractivity contribution < 1.29 is 23.4 Å². The molecule has 2 heterocycles. The Hall–Kier alpha value is -2.87. The van der Waals surface area contributed by atoms with Crippen LogP contribution in [-0.2, 0) is 27.4 Å². The molecule has 0 radical (unpaired) electrons. The quantitative estimate of drug-likeness (QED) is 0.398. The third-order valence-electron chi connectivity index (χ3n) is 7.20. The zero-order valence-electron chi connectivity index (χ0n) is 21.2. The monoisotopic (exact) mass is 492 g/mol. The number of fused-ring (bicyclic) bond motifs is 1. The number of carbonyl (C=O) groups excluding carboxylic acids is 1. The van der Waals surface area contributed by atoms with E-state index < -0.39 is 0 Å². The predicted octanol–water partition coefficient (Wildman–Crippen LogP) is 4.49. The van der Waals surface area contributed by atoms with Crippen molar-refractivity contribution in [3.05, 3.63) is 65.4 Å². The van der Waals surface area contributed by atoms with Gasteiger partial charge in [-0.05, 0) is 61.2 Å². The Balaban J connectivity index is 1.35. The normalized spacial score (nSPS) is 19.9. The third-order valence-corrected chi connectivity index (χ3v) is 7.20. The van der Waals surface area contributed by atoms with Gasteiger partial charge in [0.15, 0.2) is 0 Å². The first-order chi connectivity index (χ1) is 17.7. The van der Waals surface area contributed by atoms with Gasteiger partial charge < -0.3 is 28.8 Å². The minimum atomic E-state index is -0.151. The van der Waals surface area contributed by atoms with Gasteiger partial charge in [-0.25, -0.2) is 0 Å². The molecule has 5 rings (SSSR count). The number of carbonyl (C=O) groups is 1. The van der Waals surface area contributed by atoms with Gasteiger partial charge in [-0.1, -0.05) is 24.3 Å². The highest BCUT2D eigenvalue weighted by Crippen LogP contribution is 2.38. The van der Waals surface area contributed by atoms with E-state index in [-0.39, 0.29) is 17.7 Å². The molecule has 0 unspecified atom stereocenters. The molecular formula is C29H36N2O5. The number of ether oxygens (including phenoxy) is 3. The van der Waals surface area contributed by atoms with Crippen LogP contribution in [0.1, 0.15) is 42.1 Å². The highest BCUT2D eigenvalue weighted by molar-refractivity contribution is 5.82. The number of amides is 1. The van der Waals surface area contributed by atoms with Gasteiger partial charge in [0.1, 0.15) is 17.1 Å². The molecule has 7 heteroatoms. The highest BCUT2D eigenvalue weighted by Gasteiger charge is 2.41. The van der Waals surface area contributed by atoms with Gasteiger partial charge in [0.05, 0.1) is 32.8 Å². The van der Waals surface area contributed by atoms with Crippen LogP contribution >= 0.6 is 0 Å². The van der Waals surface area contributed by atoms with Crippen molar-refractivity contribution in [2.24, 2.45) is 5.92 Å². The van der Waals surface area contributed by atoms with E-state index in [2.05, 4.69) is 28.4 Å². The van der Waals surface area contributed by atoms with Crippen LogP contribution in [0.25, 0.3) is 11.0 Å². The van der Waals surface area contributed by atoms with Crippen molar-refractivity contribution in [3.63, 3.8) is 0 Å². The molecule has 1 aliphatic carbocycles. The average Bonchev–Trinajstić information content (AvgIpc) is 3.66. The topological polar surface area (TPSA) is 73.2 Å². The van der Waals surface area contributed by atoms with E-state index in [1.165, 1.54) is 0 Å². The SMILES string of the molecule is COCCOCc1cc(CN(C(=O)[C@H]2CNCC[C@@H]2c2cc3ccccc3o2)C2CC2)cc(OC)c1. The van der Waals surface area contributed by atoms with Crippen molar-refractivity contribution in [1.29, 1.82) is 0 Å². The standard InChI is InChI=1S/C29H36N2O5/c1-33-11-12-35-19-21-13-20(14-24(15-21)34-2)18-31(23-7-8-23)29(32)26-17-30-10-9-25(26)28-16-22-5-3-4-6-27(22)36-28/h3-6,13-16,23,25-26,30H,7-12,17-19H2,1-2H3/t25-,26-/m0/s1. The van der Waals surface area contributed by atoms with Gasteiger partial charge in [0, 0.05) is 37.5 Å². The number of nitrogens with one attached hydrogen (secondary N) is 1. The first-order valence-corrected chi connectivity index (χ1v) is 12.9. The summed E-state index contributed by atoms with van der Waals surface area (Å²) in [7, 11) is 3.33. The number of hydrogen-bond donors (Lipinski definition) is 1. The summed E-state index contributed by atoms with van der Waals surface area (Å²) in [6, 6.07) is 16.6. The second kappa shape index (κ2) is 11.5. The fourth-order valence-corrected chi connectivity index (χ4v) is 5.18. The number of para-hydroxylation sites is 1. The second-order valence-electron chi connectivity index (χ2n) is 9.82. The van der Waals surface area contributed by atoms with Gasteiger partial charge in [-0.15, -0.1) is 0 Å². The molecule has 36 heavy (non-hydrogen) atoms. The summed E-state index contributed by atoms with van der Waals surface area (Å²) < 4.78 is 22.6. The fraction of sp³-hybridized carbons (Fsp3) is 0.483.